The van der Waals surface area contributed by atoms with Gasteiger partial charge in [-0.2, -0.15) is 0 Å². The summed E-state index contributed by atoms with van der Waals surface area (Å²) in [4.78, 5) is 9.49. The Bertz CT molecular complexity index is 503. The number of hydrogen-bond acceptors (Lipinski definition) is 3. The molecule has 4 aliphatic rings. The summed E-state index contributed by atoms with van der Waals surface area (Å²) in [5.74, 6) is 3.82. The maximum atomic E-state index is 9.75. The summed E-state index contributed by atoms with van der Waals surface area (Å²) in [5.41, 5.74) is 2.09. The molecular formula is C17H24N2O. The molecule has 1 heterocycles. The second-order valence-electron chi connectivity index (χ2n) is 7.61. The van der Waals surface area contributed by atoms with Crippen molar-refractivity contribution in [3.8, 4) is 0 Å². The Morgan fingerprint density at radius 2 is 1.70 bits per heavy atom. The Labute approximate surface area is 120 Å². The largest absolute Gasteiger partial charge is 0.389 e. The van der Waals surface area contributed by atoms with Gasteiger partial charge in [-0.25, -0.2) is 9.97 Å². The van der Waals surface area contributed by atoms with Gasteiger partial charge in [0, 0.05) is 22.9 Å². The summed E-state index contributed by atoms with van der Waals surface area (Å²) in [6.45, 7) is 3.80. The fourth-order valence-corrected chi connectivity index (χ4v) is 5.53. The molecule has 0 amide bonds. The van der Waals surface area contributed by atoms with E-state index >= 15 is 0 Å². The SMILES string of the molecule is Cc1nc(C23CC4CC(CC(C4)C2)C3)ncc1[C@@H](C)O. The van der Waals surface area contributed by atoms with Gasteiger partial charge in [-0.1, -0.05) is 0 Å². The standard InChI is InChI=1S/C17H24N2O/c1-10-15(11(2)20)9-18-16(19-10)17-6-12-3-13(7-17)5-14(4-12)8-17/h9,11-14,20H,3-8H2,1-2H3/t11-,12?,13?,14?,17?/m1/s1. The topological polar surface area (TPSA) is 46.0 Å². The molecule has 5 rings (SSSR count). The van der Waals surface area contributed by atoms with Crippen LogP contribution in [0.15, 0.2) is 6.20 Å². The third-order valence-corrected chi connectivity index (χ3v) is 5.98. The van der Waals surface area contributed by atoms with E-state index in [-0.39, 0.29) is 5.41 Å². The van der Waals surface area contributed by atoms with Crippen molar-refractivity contribution in [2.75, 3.05) is 0 Å². The smallest absolute Gasteiger partial charge is 0.134 e. The normalized spacial score (nSPS) is 40.0. The van der Waals surface area contributed by atoms with Crippen LogP contribution in [0.1, 0.15) is 68.6 Å². The number of rotatable bonds is 2. The number of aliphatic hydroxyl groups excluding tert-OH is 1. The number of hydrogen-bond donors (Lipinski definition) is 1. The van der Waals surface area contributed by atoms with Crippen LogP contribution in [0, 0.1) is 24.7 Å². The molecule has 1 aromatic rings. The zero-order chi connectivity index (χ0) is 13.9. The second-order valence-corrected chi connectivity index (χ2v) is 7.61. The minimum atomic E-state index is -0.472. The van der Waals surface area contributed by atoms with Gasteiger partial charge in [0.05, 0.1) is 6.10 Å². The highest BCUT2D eigenvalue weighted by atomic mass is 16.3. The van der Waals surface area contributed by atoms with Crippen LogP contribution < -0.4 is 0 Å². The first-order chi connectivity index (χ1) is 9.56. The molecule has 1 atom stereocenters. The number of aryl methyl sites for hydroxylation is 1. The van der Waals surface area contributed by atoms with Crippen LogP contribution >= 0.6 is 0 Å². The van der Waals surface area contributed by atoms with E-state index in [0.29, 0.717) is 0 Å². The average molecular weight is 272 g/mol. The van der Waals surface area contributed by atoms with E-state index in [4.69, 9.17) is 4.98 Å². The van der Waals surface area contributed by atoms with Gasteiger partial charge in [0.25, 0.3) is 0 Å². The Kier molecular flexibility index (Phi) is 2.72. The van der Waals surface area contributed by atoms with E-state index in [9.17, 15) is 5.11 Å². The van der Waals surface area contributed by atoms with Crippen LogP contribution in [-0.4, -0.2) is 15.1 Å². The molecule has 4 fully saturated rings. The van der Waals surface area contributed by atoms with Crippen molar-refractivity contribution < 1.29 is 5.11 Å². The Morgan fingerprint density at radius 1 is 1.15 bits per heavy atom. The minimum absolute atomic E-state index is 0.261. The fraction of sp³-hybridized carbons (Fsp3) is 0.765. The molecule has 0 unspecified atom stereocenters. The Balaban J connectivity index is 1.72. The van der Waals surface area contributed by atoms with Gasteiger partial charge in [-0.3, -0.25) is 0 Å². The lowest BCUT2D eigenvalue weighted by molar-refractivity contribution is -0.00955. The molecule has 0 spiro atoms. The maximum Gasteiger partial charge on any atom is 0.134 e. The van der Waals surface area contributed by atoms with E-state index in [2.05, 4.69) is 4.98 Å². The molecule has 3 heteroatoms. The molecule has 0 saturated heterocycles. The van der Waals surface area contributed by atoms with Gasteiger partial charge >= 0.3 is 0 Å². The summed E-state index contributed by atoms with van der Waals surface area (Å²) in [5, 5.41) is 9.75. The molecular weight excluding hydrogens is 248 g/mol. The zero-order valence-electron chi connectivity index (χ0n) is 12.5. The van der Waals surface area contributed by atoms with Gasteiger partial charge in [-0.05, 0) is 70.1 Å². The first kappa shape index (κ1) is 12.8. The lowest BCUT2D eigenvalue weighted by Crippen LogP contribution is -2.49. The van der Waals surface area contributed by atoms with Crippen LogP contribution in [-0.2, 0) is 5.41 Å². The summed E-state index contributed by atoms with van der Waals surface area (Å²) < 4.78 is 0. The number of aliphatic hydroxyl groups is 1. The van der Waals surface area contributed by atoms with Crippen LogP contribution in [0.4, 0.5) is 0 Å². The van der Waals surface area contributed by atoms with Crippen molar-refractivity contribution in [2.24, 2.45) is 17.8 Å². The van der Waals surface area contributed by atoms with Crippen LogP contribution in [0.5, 0.6) is 0 Å². The minimum Gasteiger partial charge on any atom is -0.389 e. The zero-order valence-corrected chi connectivity index (χ0v) is 12.5. The summed E-state index contributed by atoms with van der Waals surface area (Å²) in [7, 11) is 0. The lowest BCUT2D eigenvalue weighted by atomic mass is 9.49. The van der Waals surface area contributed by atoms with Crippen molar-refractivity contribution in [3.63, 3.8) is 0 Å². The van der Waals surface area contributed by atoms with Crippen molar-refractivity contribution in [2.45, 2.75) is 63.9 Å². The van der Waals surface area contributed by atoms with Crippen LogP contribution in [0.25, 0.3) is 0 Å². The second kappa shape index (κ2) is 4.27. The highest BCUT2D eigenvalue weighted by Gasteiger charge is 2.53. The molecule has 0 radical (unpaired) electrons. The maximum absolute atomic E-state index is 9.75. The van der Waals surface area contributed by atoms with Crippen molar-refractivity contribution in [1.29, 1.82) is 0 Å². The summed E-state index contributed by atoms with van der Waals surface area (Å²) in [6, 6.07) is 0. The first-order valence-electron chi connectivity index (χ1n) is 8.08. The molecule has 1 N–H and O–H groups in total. The third-order valence-electron chi connectivity index (χ3n) is 5.98. The predicted octanol–water partition coefficient (Wildman–Crippen LogP) is 3.31. The van der Waals surface area contributed by atoms with E-state index in [1.165, 1.54) is 38.5 Å². The molecule has 0 aliphatic heterocycles. The molecule has 0 aromatic carbocycles. The van der Waals surface area contributed by atoms with Gasteiger partial charge in [0.15, 0.2) is 0 Å². The Morgan fingerprint density at radius 3 is 2.15 bits per heavy atom. The molecule has 108 valence electrons. The van der Waals surface area contributed by atoms with Crippen LogP contribution in [0.3, 0.4) is 0 Å². The monoisotopic (exact) mass is 272 g/mol. The first-order valence-corrected chi connectivity index (χ1v) is 8.08. The molecule has 4 saturated carbocycles. The van der Waals surface area contributed by atoms with E-state index in [1.807, 2.05) is 13.1 Å². The average Bonchev–Trinajstić information content (AvgIpc) is 2.36. The van der Waals surface area contributed by atoms with Crippen molar-refractivity contribution in [3.05, 3.63) is 23.3 Å². The number of aromatic nitrogens is 2. The fourth-order valence-electron chi connectivity index (χ4n) is 5.53. The molecule has 20 heavy (non-hydrogen) atoms. The van der Waals surface area contributed by atoms with Gasteiger partial charge in [0.1, 0.15) is 5.82 Å². The molecule has 4 aliphatic carbocycles. The predicted molar refractivity (Wildman–Crippen MR) is 77.3 cm³/mol. The third kappa shape index (κ3) is 1.82. The highest BCUT2D eigenvalue weighted by Crippen LogP contribution is 2.60. The van der Waals surface area contributed by atoms with E-state index < -0.39 is 6.10 Å². The molecule has 3 nitrogen and oxygen atoms in total. The summed E-state index contributed by atoms with van der Waals surface area (Å²) >= 11 is 0. The summed E-state index contributed by atoms with van der Waals surface area (Å²) in [6.07, 6.45) is 9.63. The van der Waals surface area contributed by atoms with Gasteiger partial charge < -0.3 is 5.11 Å². The molecule has 4 bridgehead atoms. The van der Waals surface area contributed by atoms with Crippen molar-refractivity contribution >= 4 is 0 Å². The van der Waals surface area contributed by atoms with E-state index in [1.54, 1.807) is 6.92 Å². The van der Waals surface area contributed by atoms with Crippen molar-refractivity contribution in [1.82, 2.24) is 9.97 Å². The highest BCUT2D eigenvalue weighted by molar-refractivity contribution is 5.24. The quantitative estimate of drug-likeness (QED) is 0.898. The lowest BCUT2D eigenvalue weighted by Gasteiger charge is -2.56. The molecule has 1 aromatic heterocycles. The number of nitrogens with zero attached hydrogens (tertiary/aromatic N) is 2. The van der Waals surface area contributed by atoms with Gasteiger partial charge in [0.2, 0.25) is 0 Å². The van der Waals surface area contributed by atoms with Crippen LogP contribution in [0.2, 0.25) is 0 Å². The Hall–Kier alpha value is -0.960. The van der Waals surface area contributed by atoms with Gasteiger partial charge in [-0.15, -0.1) is 0 Å². The van der Waals surface area contributed by atoms with E-state index in [0.717, 1.165) is 34.8 Å².